The summed E-state index contributed by atoms with van der Waals surface area (Å²) in [6, 6.07) is 23.1. The second kappa shape index (κ2) is 12.1. The molecule has 0 aromatic heterocycles. The maximum atomic E-state index is 13.3. The number of thioether (sulfide) groups is 1. The third kappa shape index (κ3) is 7.25. The average Bonchev–Trinajstić information content (AvgIpc) is 2.81. The first kappa shape index (κ1) is 25.1. The van der Waals surface area contributed by atoms with Crippen molar-refractivity contribution in [1.29, 1.82) is 0 Å². The van der Waals surface area contributed by atoms with Crippen LogP contribution in [0.3, 0.4) is 0 Å². The third-order valence-corrected chi connectivity index (χ3v) is 8.09. The van der Waals surface area contributed by atoms with Crippen LogP contribution in [0.5, 0.6) is 0 Å². The molecule has 8 heteroatoms. The largest absolute Gasteiger partial charge is 0.354 e. The zero-order valence-corrected chi connectivity index (χ0v) is 20.8. The summed E-state index contributed by atoms with van der Waals surface area (Å²) in [5, 5.41) is 3.09. The van der Waals surface area contributed by atoms with Gasteiger partial charge in [0.05, 0.1) is 15.6 Å². The zero-order valence-electron chi connectivity index (χ0n) is 18.4. The van der Waals surface area contributed by atoms with Crippen molar-refractivity contribution in [3.05, 3.63) is 95.0 Å². The van der Waals surface area contributed by atoms with Gasteiger partial charge < -0.3 is 5.32 Å². The van der Waals surface area contributed by atoms with Crippen LogP contribution in [0.2, 0.25) is 5.02 Å². The van der Waals surface area contributed by atoms with Crippen LogP contribution in [-0.4, -0.2) is 33.2 Å². The van der Waals surface area contributed by atoms with E-state index in [1.165, 1.54) is 23.3 Å². The number of sulfonamides is 1. The number of rotatable bonds is 11. The van der Waals surface area contributed by atoms with E-state index in [-0.39, 0.29) is 28.1 Å². The van der Waals surface area contributed by atoms with Gasteiger partial charge in [-0.1, -0.05) is 71.8 Å². The lowest BCUT2D eigenvalue weighted by atomic mass is 10.2. The van der Waals surface area contributed by atoms with E-state index in [0.29, 0.717) is 6.54 Å². The predicted octanol–water partition coefficient (Wildman–Crippen LogP) is 5.28. The third-order valence-electron chi connectivity index (χ3n) is 4.88. The van der Waals surface area contributed by atoms with E-state index in [4.69, 9.17) is 11.6 Å². The van der Waals surface area contributed by atoms with Gasteiger partial charge in [0, 0.05) is 12.3 Å². The molecule has 174 valence electrons. The van der Waals surface area contributed by atoms with Gasteiger partial charge in [-0.2, -0.15) is 11.8 Å². The minimum atomic E-state index is -3.96. The Balaban J connectivity index is 1.57. The lowest BCUT2D eigenvalue weighted by Crippen LogP contribution is -2.41. The second-order valence-electron chi connectivity index (χ2n) is 7.52. The standard InChI is InChI=1S/C25H27ClN2O3S2/c1-20-9-7-10-21(17-20)19-32-16-8-15-27-25(29)18-28(24-14-6-5-13-23(24)26)33(30,31)22-11-3-2-4-12-22/h2-7,9-14,17H,8,15-16,18-19H2,1H3,(H,27,29). The van der Waals surface area contributed by atoms with Crippen LogP contribution in [0.1, 0.15) is 17.5 Å². The summed E-state index contributed by atoms with van der Waals surface area (Å²) in [6.45, 7) is 2.20. The number of carbonyl (C=O) groups is 1. The molecule has 3 rings (SSSR count). The van der Waals surface area contributed by atoms with E-state index in [9.17, 15) is 13.2 Å². The monoisotopic (exact) mass is 502 g/mol. The first-order valence-corrected chi connectivity index (χ1v) is 13.6. The van der Waals surface area contributed by atoms with Gasteiger partial charge >= 0.3 is 0 Å². The van der Waals surface area contributed by atoms with Crippen LogP contribution in [0.15, 0.2) is 83.8 Å². The molecule has 0 aliphatic heterocycles. The van der Waals surface area contributed by atoms with E-state index >= 15 is 0 Å². The number of benzene rings is 3. The molecule has 5 nitrogen and oxygen atoms in total. The summed E-state index contributed by atoms with van der Waals surface area (Å²) in [4.78, 5) is 12.7. The van der Waals surface area contributed by atoms with Gasteiger partial charge in [-0.15, -0.1) is 0 Å². The van der Waals surface area contributed by atoms with Gasteiger partial charge in [0.25, 0.3) is 10.0 Å². The molecule has 0 atom stereocenters. The lowest BCUT2D eigenvalue weighted by molar-refractivity contribution is -0.119. The molecule has 0 radical (unpaired) electrons. The van der Waals surface area contributed by atoms with Gasteiger partial charge in [-0.25, -0.2) is 8.42 Å². The number of para-hydroxylation sites is 1. The molecule has 0 saturated heterocycles. The highest BCUT2D eigenvalue weighted by molar-refractivity contribution is 7.98. The van der Waals surface area contributed by atoms with Crippen molar-refractivity contribution in [3.8, 4) is 0 Å². The summed E-state index contributed by atoms with van der Waals surface area (Å²) in [5.41, 5.74) is 2.80. The number of nitrogens with one attached hydrogen (secondary N) is 1. The predicted molar refractivity (Wildman–Crippen MR) is 137 cm³/mol. The Morgan fingerprint density at radius 2 is 1.73 bits per heavy atom. The number of hydrogen-bond acceptors (Lipinski definition) is 4. The Labute approximate surface area is 205 Å². The molecule has 0 aliphatic carbocycles. The molecule has 0 bridgehead atoms. The Bertz CT molecular complexity index is 1170. The van der Waals surface area contributed by atoms with Crippen LogP contribution in [0.4, 0.5) is 5.69 Å². The van der Waals surface area contributed by atoms with Crippen LogP contribution in [0.25, 0.3) is 0 Å². The summed E-state index contributed by atoms with van der Waals surface area (Å²) in [5.74, 6) is 1.44. The molecule has 0 saturated carbocycles. The molecular formula is C25H27ClN2O3S2. The molecular weight excluding hydrogens is 476 g/mol. The normalized spacial score (nSPS) is 11.2. The van der Waals surface area contributed by atoms with E-state index in [1.54, 1.807) is 54.2 Å². The summed E-state index contributed by atoms with van der Waals surface area (Å²) in [7, 11) is -3.96. The molecule has 0 unspecified atom stereocenters. The van der Waals surface area contributed by atoms with Gasteiger partial charge in [0.15, 0.2) is 0 Å². The SMILES string of the molecule is Cc1cccc(CSCCCNC(=O)CN(c2ccccc2Cl)S(=O)(=O)c2ccccc2)c1. The second-order valence-corrected chi connectivity index (χ2v) is 10.9. The number of nitrogens with zero attached hydrogens (tertiary/aromatic N) is 1. The summed E-state index contributed by atoms with van der Waals surface area (Å²) >= 11 is 8.08. The van der Waals surface area contributed by atoms with Crippen LogP contribution < -0.4 is 9.62 Å². The van der Waals surface area contributed by atoms with Crippen molar-refractivity contribution in [1.82, 2.24) is 5.32 Å². The van der Waals surface area contributed by atoms with Gasteiger partial charge in [0.2, 0.25) is 5.91 Å². The van der Waals surface area contributed by atoms with E-state index in [0.717, 1.165) is 22.2 Å². The highest BCUT2D eigenvalue weighted by atomic mass is 35.5. The summed E-state index contributed by atoms with van der Waals surface area (Å²) < 4.78 is 27.6. The maximum Gasteiger partial charge on any atom is 0.264 e. The van der Waals surface area contributed by atoms with Crippen molar-refractivity contribution in [2.75, 3.05) is 23.1 Å². The summed E-state index contributed by atoms with van der Waals surface area (Å²) in [6.07, 6.45) is 0.791. The molecule has 0 fully saturated rings. The highest BCUT2D eigenvalue weighted by Gasteiger charge is 2.28. The number of aryl methyl sites for hydroxylation is 1. The molecule has 1 N–H and O–H groups in total. The quantitative estimate of drug-likeness (QED) is 0.362. The Morgan fingerprint density at radius 1 is 1.00 bits per heavy atom. The smallest absolute Gasteiger partial charge is 0.264 e. The van der Waals surface area contributed by atoms with Crippen LogP contribution >= 0.6 is 23.4 Å². The molecule has 33 heavy (non-hydrogen) atoms. The van der Waals surface area contributed by atoms with Crippen molar-refractivity contribution >= 4 is 45.0 Å². The van der Waals surface area contributed by atoms with Crippen molar-refractivity contribution in [3.63, 3.8) is 0 Å². The van der Waals surface area contributed by atoms with Crippen LogP contribution in [-0.2, 0) is 20.6 Å². The lowest BCUT2D eigenvalue weighted by Gasteiger charge is -2.25. The van der Waals surface area contributed by atoms with Crippen molar-refractivity contribution in [2.45, 2.75) is 24.0 Å². The number of amides is 1. The number of halogens is 1. The van der Waals surface area contributed by atoms with Crippen molar-refractivity contribution < 1.29 is 13.2 Å². The fourth-order valence-electron chi connectivity index (χ4n) is 3.25. The van der Waals surface area contributed by atoms with E-state index in [1.807, 2.05) is 0 Å². The molecule has 0 spiro atoms. The molecule has 3 aromatic carbocycles. The van der Waals surface area contributed by atoms with E-state index in [2.05, 4.69) is 36.5 Å². The highest BCUT2D eigenvalue weighted by Crippen LogP contribution is 2.30. The maximum absolute atomic E-state index is 13.3. The fraction of sp³-hybridized carbons (Fsp3) is 0.240. The minimum Gasteiger partial charge on any atom is -0.354 e. The van der Waals surface area contributed by atoms with Gasteiger partial charge in [0.1, 0.15) is 6.54 Å². The molecule has 0 heterocycles. The van der Waals surface area contributed by atoms with E-state index < -0.39 is 10.0 Å². The number of hydrogen-bond donors (Lipinski definition) is 1. The first-order chi connectivity index (χ1) is 15.9. The van der Waals surface area contributed by atoms with Gasteiger partial charge in [-0.05, 0) is 48.9 Å². The Morgan fingerprint density at radius 3 is 2.45 bits per heavy atom. The van der Waals surface area contributed by atoms with Crippen LogP contribution in [0, 0.1) is 6.92 Å². The topological polar surface area (TPSA) is 66.5 Å². The Kier molecular flexibility index (Phi) is 9.23. The number of anilines is 1. The van der Waals surface area contributed by atoms with Gasteiger partial charge in [-0.3, -0.25) is 9.10 Å². The fourth-order valence-corrected chi connectivity index (χ4v) is 5.91. The van der Waals surface area contributed by atoms with Crippen molar-refractivity contribution in [2.24, 2.45) is 0 Å². The molecule has 1 amide bonds. The average molecular weight is 503 g/mol. The molecule has 0 aliphatic rings. The first-order valence-electron chi connectivity index (χ1n) is 10.6. The molecule has 3 aromatic rings. The minimum absolute atomic E-state index is 0.102. The number of carbonyl (C=O) groups excluding carboxylic acids is 1. The zero-order chi connectivity index (χ0) is 23.7. The Hall–Kier alpha value is -2.48.